The van der Waals surface area contributed by atoms with Gasteiger partial charge in [-0.15, -0.1) is 0 Å². The van der Waals surface area contributed by atoms with Crippen LogP contribution in [0.4, 0.5) is 4.39 Å². The molecule has 3 rings (SSSR count). The molecule has 1 heterocycles. The van der Waals surface area contributed by atoms with Crippen LogP contribution >= 0.6 is 15.9 Å². The second kappa shape index (κ2) is 7.49. The van der Waals surface area contributed by atoms with Gasteiger partial charge in [-0.25, -0.2) is 13.9 Å². The minimum atomic E-state index is -1.15. The van der Waals surface area contributed by atoms with E-state index in [0.29, 0.717) is 4.47 Å². The summed E-state index contributed by atoms with van der Waals surface area (Å²) in [5.74, 6) is -1.91. The number of carbonyl (C=O) groups excluding carboxylic acids is 1. The Hall–Kier alpha value is -3.00. The molecule has 0 radical (unpaired) electrons. The number of hydrogen-bond donors (Lipinski definition) is 1. The van der Waals surface area contributed by atoms with E-state index < -0.39 is 24.2 Å². The first-order valence-corrected chi connectivity index (χ1v) is 8.23. The predicted molar refractivity (Wildman–Crippen MR) is 94.2 cm³/mol. The molecule has 0 spiro atoms. The van der Waals surface area contributed by atoms with Gasteiger partial charge in [0.25, 0.3) is 0 Å². The molecule has 0 aliphatic rings. The number of carbonyl (C=O) groups is 2. The van der Waals surface area contributed by atoms with Crippen molar-refractivity contribution in [2.45, 2.75) is 0 Å². The Labute approximate surface area is 156 Å². The summed E-state index contributed by atoms with van der Waals surface area (Å²) in [5, 5.41) is 12.8. The predicted octanol–water partition coefficient (Wildman–Crippen LogP) is 3.47. The minimum absolute atomic E-state index is 0.138. The van der Waals surface area contributed by atoms with Crippen LogP contribution < -0.4 is 4.74 Å². The number of nitrogens with zero attached hydrogens (tertiary/aromatic N) is 2. The fourth-order valence-corrected chi connectivity index (χ4v) is 2.67. The van der Waals surface area contributed by atoms with Gasteiger partial charge in [0.2, 0.25) is 0 Å². The van der Waals surface area contributed by atoms with E-state index in [1.165, 1.54) is 41.3 Å². The van der Waals surface area contributed by atoms with Crippen molar-refractivity contribution in [3.63, 3.8) is 0 Å². The monoisotopic (exact) mass is 418 g/mol. The molecular weight excluding hydrogens is 407 g/mol. The van der Waals surface area contributed by atoms with Gasteiger partial charge in [-0.1, -0.05) is 28.1 Å². The average molecular weight is 419 g/mol. The quantitative estimate of drug-likeness (QED) is 0.619. The highest BCUT2D eigenvalue weighted by molar-refractivity contribution is 9.10. The molecule has 2 aromatic carbocycles. The highest BCUT2D eigenvalue weighted by atomic mass is 79.9. The first-order valence-electron chi connectivity index (χ1n) is 7.44. The second-order valence-electron chi connectivity index (χ2n) is 5.28. The molecule has 0 bridgehead atoms. The molecule has 3 aromatic rings. The van der Waals surface area contributed by atoms with Crippen LogP contribution in [0.1, 0.15) is 15.9 Å². The van der Waals surface area contributed by atoms with E-state index in [4.69, 9.17) is 9.84 Å². The van der Waals surface area contributed by atoms with E-state index in [1.54, 1.807) is 18.2 Å². The van der Waals surface area contributed by atoms with Crippen molar-refractivity contribution in [3.05, 3.63) is 76.3 Å². The van der Waals surface area contributed by atoms with Gasteiger partial charge in [0, 0.05) is 10.7 Å². The smallest absolute Gasteiger partial charge is 0.341 e. The third-order valence-corrected chi connectivity index (χ3v) is 3.97. The van der Waals surface area contributed by atoms with Gasteiger partial charge in [0.05, 0.1) is 17.3 Å². The topological polar surface area (TPSA) is 81.4 Å². The average Bonchev–Trinajstić information content (AvgIpc) is 3.10. The number of hydrogen-bond acceptors (Lipinski definition) is 4. The van der Waals surface area contributed by atoms with Crippen LogP contribution in [0.2, 0.25) is 0 Å². The molecule has 1 aromatic heterocycles. The standard InChI is InChI=1S/C18H12BrFN2O4/c19-12-5-6-16(26-10-17(23)24)13(7-12)18(25)11-8-21-22(9-11)15-4-2-1-3-14(15)20/h1-9H,10H2,(H,23,24). The minimum Gasteiger partial charge on any atom is -0.481 e. The van der Waals surface area contributed by atoms with Crippen LogP contribution in [0.3, 0.4) is 0 Å². The Kier molecular flexibility index (Phi) is 5.13. The van der Waals surface area contributed by atoms with E-state index in [0.717, 1.165) is 0 Å². The Morgan fingerprint density at radius 2 is 2.00 bits per heavy atom. The summed E-state index contributed by atoms with van der Waals surface area (Å²) in [6, 6.07) is 10.7. The number of para-hydroxylation sites is 1. The lowest BCUT2D eigenvalue weighted by molar-refractivity contribution is -0.139. The maximum Gasteiger partial charge on any atom is 0.341 e. The molecule has 132 valence electrons. The third kappa shape index (κ3) is 3.80. The lowest BCUT2D eigenvalue weighted by atomic mass is 10.1. The maximum atomic E-state index is 13.9. The zero-order valence-corrected chi connectivity index (χ0v) is 14.8. The summed E-state index contributed by atoms with van der Waals surface area (Å²) in [7, 11) is 0. The Balaban J connectivity index is 1.94. The summed E-state index contributed by atoms with van der Waals surface area (Å²) in [4.78, 5) is 23.5. The second-order valence-corrected chi connectivity index (χ2v) is 6.19. The molecule has 1 N–H and O–H groups in total. The number of carboxylic acids is 1. The summed E-state index contributed by atoms with van der Waals surface area (Å²) in [5.41, 5.74) is 0.600. The third-order valence-electron chi connectivity index (χ3n) is 3.48. The number of aromatic nitrogens is 2. The highest BCUT2D eigenvalue weighted by Gasteiger charge is 2.18. The van der Waals surface area contributed by atoms with Gasteiger partial charge in [-0.05, 0) is 30.3 Å². The van der Waals surface area contributed by atoms with Gasteiger partial charge in [0.15, 0.2) is 12.4 Å². The number of benzene rings is 2. The van der Waals surface area contributed by atoms with E-state index >= 15 is 0 Å². The molecule has 0 saturated heterocycles. The van der Waals surface area contributed by atoms with Gasteiger partial charge in [-0.3, -0.25) is 4.79 Å². The zero-order chi connectivity index (χ0) is 18.7. The van der Waals surface area contributed by atoms with Gasteiger partial charge in [-0.2, -0.15) is 5.10 Å². The Bertz CT molecular complexity index is 987. The van der Waals surface area contributed by atoms with Crippen molar-refractivity contribution in [1.82, 2.24) is 9.78 Å². The number of halogens is 2. The van der Waals surface area contributed by atoms with E-state index in [2.05, 4.69) is 21.0 Å². The SMILES string of the molecule is O=C(O)COc1ccc(Br)cc1C(=O)c1cnn(-c2ccccc2F)c1. The van der Waals surface area contributed by atoms with Crippen molar-refractivity contribution >= 4 is 27.7 Å². The van der Waals surface area contributed by atoms with E-state index in [9.17, 15) is 14.0 Å². The van der Waals surface area contributed by atoms with E-state index in [-0.39, 0.29) is 22.6 Å². The van der Waals surface area contributed by atoms with Crippen LogP contribution in [0.15, 0.2) is 59.3 Å². The number of ketones is 1. The summed E-state index contributed by atoms with van der Waals surface area (Å²) in [6.45, 7) is -0.573. The first-order chi connectivity index (χ1) is 12.5. The fourth-order valence-electron chi connectivity index (χ4n) is 2.31. The Morgan fingerprint density at radius 1 is 1.23 bits per heavy atom. The molecule has 8 heteroatoms. The zero-order valence-electron chi connectivity index (χ0n) is 13.2. The molecule has 6 nitrogen and oxygen atoms in total. The molecule has 0 fully saturated rings. The van der Waals surface area contributed by atoms with Crippen LogP contribution in [-0.4, -0.2) is 33.2 Å². The van der Waals surface area contributed by atoms with E-state index in [1.807, 2.05) is 0 Å². The highest BCUT2D eigenvalue weighted by Crippen LogP contribution is 2.26. The molecule has 0 unspecified atom stereocenters. The van der Waals surface area contributed by atoms with Crippen LogP contribution in [-0.2, 0) is 4.79 Å². The number of ether oxygens (including phenoxy) is 1. The summed E-state index contributed by atoms with van der Waals surface area (Å²) < 4.78 is 20.9. The van der Waals surface area contributed by atoms with Gasteiger partial charge < -0.3 is 9.84 Å². The summed E-state index contributed by atoms with van der Waals surface area (Å²) in [6.07, 6.45) is 2.72. The first kappa shape index (κ1) is 17.8. The van der Waals surface area contributed by atoms with Crippen molar-refractivity contribution in [1.29, 1.82) is 0 Å². The lowest BCUT2D eigenvalue weighted by Gasteiger charge is -2.09. The van der Waals surface area contributed by atoms with Gasteiger partial charge >= 0.3 is 5.97 Å². The molecule has 0 amide bonds. The summed E-state index contributed by atoms with van der Waals surface area (Å²) >= 11 is 3.27. The van der Waals surface area contributed by atoms with Crippen LogP contribution in [0.25, 0.3) is 5.69 Å². The lowest BCUT2D eigenvalue weighted by Crippen LogP contribution is -2.12. The molecule has 0 aliphatic heterocycles. The van der Waals surface area contributed by atoms with Crippen molar-refractivity contribution in [3.8, 4) is 11.4 Å². The number of rotatable bonds is 6. The fraction of sp³-hybridized carbons (Fsp3) is 0.0556. The van der Waals surface area contributed by atoms with Crippen molar-refractivity contribution < 1.29 is 23.8 Å². The van der Waals surface area contributed by atoms with Crippen LogP contribution in [0.5, 0.6) is 5.75 Å². The molecular formula is C18H12BrFN2O4. The molecule has 26 heavy (non-hydrogen) atoms. The maximum absolute atomic E-state index is 13.9. The largest absolute Gasteiger partial charge is 0.481 e. The molecule has 0 atom stereocenters. The Morgan fingerprint density at radius 3 is 2.73 bits per heavy atom. The van der Waals surface area contributed by atoms with Gasteiger partial charge in [0.1, 0.15) is 17.3 Å². The molecule has 0 aliphatic carbocycles. The number of aliphatic carboxylic acids is 1. The van der Waals surface area contributed by atoms with Crippen molar-refractivity contribution in [2.24, 2.45) is 0 Å². The van der Waals surface area contributed by atoms with Crippen molar-refractivity contribution in [2.75, 3.05) is 6.61 Å². The van der Waals surface area contributed by atoms with Crippen LogP contribution in [0, 0.1) is 5.82 Å². The molecule has 0 saturated carbocycles. The number of carboxylic acid groups (broad SMARTS) is 1. The normalized spacial score (nSPS) is 10.5.